The van der Waals surface area contributed by atoms with Crippen molar-refractivity contribution in [2.24, 2.45) is 0 Å². The van der Waals surface area contributed by atoms with Gasteiger partial charge in [0.2, 0.25) is 5.70 Å². The number of benzene rings is 1. The van der Waals surface area contributed by atoms with Crippen LogP contribution in [0, 0.1) is 10.1 Å². The lowest BCUT2D eigenvalue weighted by atomic mass is 10.2. The summed E-state index contributed by atoms with van der Waals surface area (Å²) in [6.07, 6.45) is 1.31. The van der Waals surface area contributed by atoms with Crippen molar-refractivity contribution in [3.05, 3.63) is 42.5 Å². The molecule has 0 saturated heterocycles. The number of phenolic OH excluding ortho intramolecular Hbond substituents is 1. The van der Waals surface area contributed by atoms with Crippen molar-refractivity contribution in [1.82, 2.24) is 0 Å². The first-order chi connectivity index (χ1) is 6.91. The summed E-state index contributed by atoms with van der Waals surface area (Å²) >= 11 is 6.38. The van der Waals surface area contributed by atoms with Gasteiger partial charge < -0.3 is 5.11 Å². The molecule has 1 aromatic rings. The molecular weight excluding hydrogens is 330 g/mol. The fourth-order valence-corrected chi connectivity index (χ4v) is 2.23. The summed E-state index contributed by atoms with van der Waals surface area (Å²) < 4.78 is 1.22. The lowest BCUT2D eigenvalue weighted by Gasteiger charge is -2.02. The van der Waals surface area contributed by atoms with E-state index in [1.807, 2.05) is 0 Å². The fourth-order valence-electron chi connectivity index (χ4n) is 0.974. The summed E-state index contributed by atoms with van der Waals surface area (Å²) in [4.78, 5) is 9.91. The van der Waals surface area contributed by atoms with Gasteiger partial charge in [-0.15, -0.1) is 0 Å². The van der Waals surface area contributed by atoms with E-state index in [4.69, 9.17) is 0 Å². The summed E-state index contributed by atoms with van der Waals surface area (Å²) in [5.74, 6) is -0.0144. The van der Waals surface area contributed by atoms with Crippen molar-refractivity contribution in [2.45, 2.75) is 6.92 Å². The maximum Gasteiger partial charge on any atom is 0.243 e. The van der Waals surface area contributed by atoms with Crippen LogP contribution in [0.4, 0.5) is 0 Å². The van der Waals surface area contributed by atoms with Crippen LogP contribution in [0.1, 0.15) is 12.5 Å². The molecule has 0 bridgehead atoms. The lowest BCUT2D eigenvalue weighted by molar-refractivity contribution is -0.422. The van der Waals surface area contributed by atoms with Gasteiger partial charge in [0, 0.05) is 23.0 Å². The van der Waals surface area contributed by atoms with E-state index in [1.54, 1.807) is 12.1 Å². The minimum Gasteiger partial charge on any atom is -0.506 e. The van der Waals surface area contributed by atoms with E-state index in [-0.39, 0.29) is 11.4 Å². The molecule has 6 heteroatoms. The smallest absolute Gasteiger partial charge is 0.243 e. The second-order valence-corrected chi connectivity index (χ2v) is 4.64. The van der Waals surface area contributed by atoms with Crippen molar-refractivity contribution in [2.75, 3.05) is 0 Å². The molecule has 0 saturated carbocycles. The second kappa shape index (κ2) is 4.76. The van der Waals surface area contributed by atoms with E-state index in [2.05, 4.69) is 31.9 Å². The van der Waals surface area contributed by atoms with Gasteiger partial charge in [0.05, 0.1) is 9.40 Å². The zero-order chi connectivity index (χ0) is 11.6. The van der Waals surface area contributed by atoms with Gasteiger partial charge in [-0.05, 0) is 28.1 Å². The Bertz CT molecular complexity index is 443. The third kappa shape index (κ3) is 3.04. The Kier molecular flexibility index (Phi) is 3.87. The molecule has 1 rings (SSSR count). The molecule has 15 heavy (non-hydrogen) atoms. The van der Waals surface area contributed by atoms with Gasteiger partial charge in [-0.3, -0.25) is 10.1 Å². The Morgan fingerprint density at radius 2 is 2.13 bits per heavy atom. The monoisotopic (exact) mass is 335 g/mol. The largest absolute Gasteiger partial charge is 0.506 e. The third-order valence-electron chi connectivity index (χ3n) is 1.71. The molecule has 0 heterocycles. The predicted molar refractivity (Wildman–Crippen MR) is 64.2 cm³/mol. The highest BCUT2D eigenvalue weighted by molar-refractivity contribution is 9.11. The normalized spacial score (nSPS) is 11.5. The Balaban J connectivity index is 3.26. The van der Waals surface area contributed by atoms with Crippen LogP contribution < -0.4 is 0 Å². The minimum atomic E-state index is -0.506. The van der Waals surface area contributed by atoms with Crippen LogP contribution in [0.3, 0.4) is 0 Å². The molecule has 0 aliphatic carbocycles. The number of phenols is 1. The van der Waals surface area contributed by atoms with Gasteiger partial charge in [-0.2, -0.15) is 0 Å². The van der Waals surface area contributed by atoms with Crippen molar-refractivity contribution >= 4 is 37.9 Å². The molecule has 0 radical (unpaired) electrons. The summed E-state index contributed by atoms with van der Waals surface area (Å²) in [6, 6.07) is 3.27. The molecule has 0 aromatic heterocycles. The van der Waals surface area contributed by atoms with E-state index in [1.165, 1.54) is 13.0 Å². The Morgan fingerprint density at radius 1 is 1.53 bits per heavy atom. The SMILES string of the molecule is C/C(=C\c1cc(Br)cc(Br)c1O)[N+](=O)[O-]. The molecule has 0 aliphatic rings. The molecule has 80 valence electrons. The van der Waals surface area contributed by atoms with E-state index in [0.29, 0.717) is 10.0 Å². The van der Waals surface area contributed by atoms with Gasteiger partial charge in [0.15, 0.2) is 0 Å². The van der Waals surface area contributed by atoms with Crippen molar-refractivity contribution in [3.63, 3.8) is 0 Å². The molecule has 4 nitrogen and oxygen atoms in total. The average molecular weight is 337 g/mol. The first-order valence-electron chi connectivity index (χ1n) is 3.92. The van der Waals surface area contributed by atoms with E-state index in [0.717, 1.165) is 4.47 Å². The lowest BCUT2D eigenvalue weighted by Crippen LogP contribution is -1.93. The molecule has 0 amide bonds. The summed E-state index contributed by atoms with van der Waals surface area (Å²) in [7, 11) is 0. The van der Waals surface area contributed by atoms with Gasteiger partial charge in [-0.25, -0.2) is 0 Å². The van der Waals surface area contributed by atoms with Gasteiger partial charge in [0.1, 0.15) is 5.75 Å². The molecule has 0 atom stereocenters. The molecule has 0 fully saturated rings. The first-order valence-corrected chi connectivity index (χ1v) is 5.51. The first kappa shape index (κ1) is 12.2. The number of nitrogens with zero attached hydrogens (tertiary/aromatic N) is 1. The minimum absolute atomic E-state index is 0.0144. The summed E-state index contributed by atoms with van der Waals surface area (Å²) in [6.45, 7) is 1.37. The van der Waals surface area contributed by atoms with Crippen LogP contribution >= 0.6 is 31.9 Å². The topological polar surface area (TPSA) is 63.4 Å². The standard InChI is InChI=1S/C9H7Br2NO3/c1-5(12(14)15)2-6-3-7(10)4-8(11)9(6)13/h2-4,13H,1H3/b5-2+. The fraction of sp³-hybridized carbons (Fsp3) is 0.111. The van der Waals surface area contributed by atoms with E-state index in [9.17, 15) is 15.2 Å². The maximum absolute atomic E-state index is 10.4. The Hall–Kier alpha value is -0.880. The highest BCUT2D eigenvalue weighted by Gasteiger charge is 2.09. The Morgan fingerprint density at radius 3 is 2.67 bits per heavy atom. The Labute approximate surface area is 103 Å². The molecule has 1 N–H and O–H groups in total. The number of allylic oxidation sites excluding steroid dienone is 1. The van der Waals surface area contributed by atoms with Crippen LogP contribution in [-0.2, 0) is 0 Å². The van der Waals surface area contributed by atoms with E-state index < -0.39 is 4.92 Å². The predicted octanol–water partition coefficient (Wildman–Crippen LogP) is 3.55. The number of aromatic hydroxyl groups is 1. The number of halogens is 2. The highest BCUT2D eigenvalue weighted by Crippen LogP contribution is 2.32. The highest BCUT2D eigenvalue weighted by atomic mass is 79.9. The third-order valence-corrected chi connectivity index (χ3v) is 2.77. The number of rotatable bonds is 2. The second-order valence-electron chi connectivity index (χ2n) is 2.87. The van der Waals surface area contributed by atoms with Gasteiger partial charge in [-0.1, -0.05) is 15.9 Å². The molecule has 1 aromatic carbocycles. The van der Waals surface area contributed by atoms with Gasteiger partial charge >= 0.3 is 0 Å². The molecule has 0 spiro atoms. The molecule has 0 unspecified atom stereocenters. The number of nitro groups is 1. The summed E-state index contributed by atoms with van der Waals surface area (Å²) in [5, 5.41) is 20.0. The van der Waals surface area contributed by atoms with E-state index >= 15 is 0 Å². The van der Waals surface area contributed by atoms with Crippen LogP contribution in [-0.4, -0.2) is 10.0 Å². The van der Waals surface area contributed by atoms with Crippen molar-refractivity contribution in [1.29, 1.82) is 0 Å². The van der Waals surface area contributed by atoms with Crippen LogP contribution in [0.25, 0.3) is 6.08 Å². The van der Waals surface area contributed by atoms with Crippen molar-refractivity contribution in [3.8, 4) is 5.75 Å². The zero-order valence-corrected chi connectivity index (χ0v) is 10.9. The van der Waals surface area contributed by atoms with Crippen LogP contribution in [0.5, 0.6) is 5.75 Å². The maximum atomic E-state index is 10.4. The molecule has 0 aliphatic heterocycles. The van der Waals surface area contributed by atoms with Crippen LogP contribution in [0.2, 0.25) is 0 Å². The number of hydrogen-bond donors (Lipinski definition) is 1. The number of hydrogen-bond acceptors (Lipinski definition) is 3. The quantitative estimate of drug-likeness (QED) is 0.663. The summed E-state index contributed by atoms with van der Waals surface area (Å²) in [5.41, 5.74) is 0.362. The molecular formula is C9H7Br2NO3. The zero-order valence-electron chi connectivity index (χ0n) is 7.70. The van der Waals surface area contributed by atoms with Crippen molar-refractivity contribution < 1.29 is 10.0 Å². The van der Waals surface area contributed by atoms with Gasteiger partial charge in [0.25, 0.3) is 0 Å². The average Bonchev–Trinajstić information content (AvgIpc) is 2.13. The van der Waals surface area contributed by atoms with Crippen LogP contribution in [0.15, 0.2) is 26.8 Å².